The highest BCUT2D eigenvalue weighted by Crippen LogP contribution is 2.44. The zero-order valence-electron chi connectivity index (χ0n) is 13.3. The van der Waals surface area contributed by atoms with Crippen molar-refractivity contribution in [1.82, 2.24) is 19.3 Å². The molecule has 0 amide bonds. The minimum Gasteiger partial charge on any atom is -0.288 e. The first kappa shape index (κ1) is 15.0. The first-order valence-corrected chi connectivity index (χ1v) is 9.19. The van der Waals surface area contributed by atoms with Gasteiger partial charge in [-0.3, -0.25) is 9.25 Å². The van der Waals surface area contributed by atoms with Crippen LogP contribution in [0.25, 0.3) is 32.9 Å². The Morgan fingerprint density at radius 1 is 1.12 bits per heavy atom. The lowest BCUT2D eigenvalue weighted by Crippen LogP contribution is -2.28. The summed E-state index contributed by atoms with van der Waals surface area (Å²) < 4.78 is 3.36. The Morgan fingerprint density at radius 2 is 1.96 bits per heavy atom. The van der Waals surface area contributed by atoms with Gasteiger partial charge in [0, 0.05) is 34.5 Å². The van der Waals surface area contributed by atoms with Crippen LogP contribution in [0, 0.1) is 0 Å². The summed E-state index contributed by atoms with van der Waals surface area (Å²) in [6.07, 6.45) is 3.50. The highest BCUT2D eigenvalue weighted by Gasteiger charge is 2.25. The zero-order chi connectivity index (χ0) is 17.1. The van der Waals surface area contributed by atoms with Gasteiger partial charge < -0.3 is 0 Å². The van der Waals surface area contributed by atoms with E-state index >= 15 is 0 Å². The summed E-state index contributed by atoms with van der Waals surface area (Å²) in [5, 5.41) is 6.42. The maximum Gasteiger partial charge on any atom is 0.348 e. The van der Waals surface area contributed by atoms with Crippen LogP contribution in [0.5, 0.6) is 0 Å². The van der Waals surface area contributed by atoms with Crippen LogP contribution in [0.3, 0.4) is 0 Å². The molecule has 0 fully saturated rings. The highest BCUT2D eigenvalue weighted by molar-refractivity contribution is 8.01. The lowest BCUT2D eigenvalue weighted by atomic mass is 10.0. The third-order valence-corrected chi connectivity index (χ3v) is 6.06. The van der Waals surface area contributed by atoms with Gasteiger partial charge in [0.15, 0.2) is 0 Å². The summed E-state index contributed by atoms with van der Waals surface area (Å²) in [6, 6.07) is 10.3. The third kappa shape index (κ3) is 2.14. The molecule has 7 heteroatoms. The van der Waals surface area contributed by atoms with E-state index in [9.17, 15) is 4.79 Å². The minimum atomic E-state index is -0.254. The Balaban J connectivity index is 1.92. The van der Waals surface area contributed by atoms with Crippen molar-refractivity contribution in [1.29, 1.82) is 0 Å². The Bertz CT molecular complexity index is 1210. The number of hydrogen-bond donors (Lipinski definition) is 0. The maximum atomic E-state index is 12.2. The number of para-hydroxylation sites is 1. The van der Waals surface area contributed by atoms with Crippen LogP contribution in [-0.4, -0.2) is 24.0 Å². The number of benzene rings is 2. The molecule has 0 saturated carbocycles. The van der Waals surface area contributed by atoms with Crippen molar-refractivity contribution in [2.75, 3.05) is 0 Å². The van der Waals surface area contributed by atoms with Crippen molar-refractivity contribution in [2.24, 2.45) is 7.05 Å². The number of nitrogens with zero attached hydrogens (tertiary/aromatic N) is 4. The van der Waals surface area contributed by atoms with E-state index < -0.39 is 0 Å². The van der Waals surface area contributed by atoms with Gasteiger partial charge in [0.1, 0.15) is 4.71 Å². The molecule has 0 bridgehead atoms. The molecule has 0 radical (unpaired) electrons. The summed E-state index contributed by atoms with van der Waals surface area (Å²) in [7, 11) is 1.94. The first-order valence-electron chi connectivity index (χ1n) is 7.88. The van der Waals surface area contributed by atoms with E-state index in [0.29, 0.717) is 6.54 Å². The van der Waals surface area contributed by atoms with Gasteiger partial charge in [0.05, 0.1) is 23.8 Å². The molecule has 124 valence electrons. The van der Waals surface area contributed by atoms with Crippen LogP contribution in [0.1, 0.15) is 0 Å². The van der Waals surface area contributed by atoms with E-state index in [2.05, 4.69) is 28.3 Å². The topological polar surface area (TPSA) is 52.7 Å². The van der Waals surface area contributed by atoms with Crippen LogP contribution in [0.15, 0.2) is 52.4 Å². The maximum absolute atomic E-state index is 12.2. The molecule has 1 aliphatic heterocycles. The molecule has 0 aliphatic carbocycles. The molecule has 1 atom stereocenters. The number of fused-ring (bicyclic) bond motifs is 1. The standard InChI is InChI=1S/C18H13ClN4OS/c1-22-15-10(8-21-22)3-2-4-12(15)13-6-5-11-7-20-18(24)23-9-14(19)25-17(13)16(11)23/h2-8,14H,9H2,1H3. The van der Waals surface area contributed by atoms with Crippen molar-refractivity contribution in [3.05, 3.63) is 53.2 Å². The van der Waals surface area contributed by atoms with Gasteiger partial charge in [-0.2, -0.15) is 5.10 Å². The highest BCUT2D eigenvalue weighted by atomic mass is 35.5. The van der Waals surface area contributed by atoms with Crippen molar-refractivity contribution < 1.29 is 0 Å². The Hall–Kier alpha value is -2.31. The Morgan fingerprint density at radius 3 is 2.84 bits per heavy atom. The monoisotopic (exact) mass is 368 g/mol. The second kappa shape index (κ2) is 5.34. The number of aromatic nitrogens is 4. The Kier molecular flexibility index (Phi) is 3.20. The number of alkyl halides is 1. The van der Waals surface area contributed by atoms with Crippen LogP contribution >= 0.6 is 23.4 Å². The van der Waals surface area contributed by atoms with E-state index in [1.807, 2.05) is 30.1 Å². The number of rotatable bonds is 1. The number of halogens is 1. The fourth-order valence-corrected chi connectivity index (χ4v) is 5.05. The molecule has 3 heterocycles. The molecule has 0 saturated heterocycles. The molecule has 5 nitrogen and oxygen atoms in total. The minimum absolute atomic E-state index is 0.204. The van der Waals surface area contributed by atoms with E-state index in [4.69, 9.17) is 11.6 Å². The van der Waals surface area contributed by atoms with Crippen LogP contribution in [0.2, 0.25) is 0 Å². The quantitative estimate of drug-likeness (QED) is 0.481. The van der Waals surface area contributed by atoms with Crippen LogP contribution in [-0.2, 0) is 13.6 Å². The van der Waals surface area contributed by atoms with Crippen LogP contribution < -0.4 is 5.69 Å². The number of hydrogen-bond acceptors (Lipinski definition) is 4. The van der Waals surface area contributed by atoms with E-state index in [-0.39, 0.29) is 10.4 Å². The van der Waals surface area contributed by atoms with E-state index in [1.54, 1.807) is 22.5 Å². The summed E-state index contributed by atoms with van der Waals surface area (Å²) >= 11 is 8.05. The molecule has 1 aliphatic rings. The summed E-state index contributed by atoms with van der Waals surface area (Å²) in [5.74, 6) is 0. The first-order chi connectivity index (χ1) is 12.1. The van der Waals surface area contributed by atoms with Gasteiger partial charge in [-0.15, -0.1) is 23.4 Å². The largest absolute Gasteiger partial charge is 0.348 e. The zero-order valence-corrected chi connectivity index (χ0v) is 14.9. The van der Waals surface area contributed by atoms with Gasteiger partial charge in [-0.25, -0.2) is 9.78 Å². The van der Waals surface area contributed by atoms with Gasteiger partial charge in [-0.1, -0.05) is 30.3 Å². The fraction of sp³-hybridized carbons (Fsp3) is 0.167. The van der Waals surface area contributed by atoms with E-state index in [1.165, 1.54) is 0 Å². The normalized spacial score (nSPS) is 16.6. The predicted molar refractivity (Wildman–Crippen MR) is 101 cm³/mol. The molecule has 0 N–H and O–H groups in total. The van der Waals surface area contributed by atoms with Crippen molar-refractivity contribution in [3.63, 3.8) is 0 Å². The smallest absolute Gasteiger partial charge is 0.288 e. The molecule has 1 unspecified atom stereocenters. The van der Waals surface area contributed by atoms with Crippen LogP contribution in [0.4, 0.5) is 0 Å². The molecule has 25 heavy (non-hydrogen) atoms. The van der Waals surface area contributed by atoms with Crippen molar-refractivity contribution in [3.8, 4) is 11.1 Å². The van der Waals surface area contributed by atoms with Gasteiger partial charge in [-0.05, 0) is 5.56 Å². The molecule has 2 aromatic carbocycles. The van der Waals surface area contributed by atoms with Crippen molar-refractivity contribution >= 4 is 45.2 Å². The van der Waals surface area contributed by atoms with Gasteiger partial charge >= 0.3 is 5.69 Å². The molecular formula is C18H13ClN4OS. The lowest BCUT2D eigenvalue weighted by molar-refractivity contribution is 0.705. The number of aryl methyl sites for hydroxylation is 1. The van der Waals surface area contributed by atoms with Gasteiger partial charge in [0.25, 0.3) is 0 Å². The second-order valence-corrected chi connectivity index (χ2v) is 8.07. The molecule has 0 spiro atoms. The Labute approximate surface area is 152 Å². The molecule has 4 aromatic rings. The average Bonchev–Trinajstić information content (AvgIpc) is 2.99. The SMILES string of the molecule is Cn1ncc2cccc(-c3ccc4cnc(=O)n5c4c3SC(Cl)C5)c21. The lowest BCUT2D eigenvalue weighted by Gasteiger charge is -2.24. The second-order valence-electron chi connectivity index (χ2n) is 6.07. The molecular weight excluding hydrogens is 356 g/mol. The third-order valence-electron chi connectivity index (χ3n) is 4.60. The molecule has 2 aromatic heterocycles. The average molecular weight is 369 g/mol. The summed E-state index contributed by atoms with van der Waals surface area (Å²) in [5.41, 5.74) is 3.88. The fourth-order valence-electron chi connectivity index (χ4n) is 3.52. The van der Waals surface area contributed by atoms with Gasteiger partial charge in [0.2, 0.25) is 0 Å². The summed E-state index contributed by atoms with van der Waals surface area (Å²) in [6.45, 7) is 0.460. The van der Waals surface area contributed by atoms with E-state index in [0.717, 1.165) is 37.8 Å². The summed E-state index contributed by atoms with van der Waals surface area (Å²) in [4.78, 5) is 17.2. The predicted octanol–water partition coefficient (Wildman–Crippen LogP) is 3.62. The number of thioether (sulfide) groups is 1. The van der Waals surface area contributed by atoms with Crippen molar-refractivity contribution in [2.45, 2.75) is 16.1 Å². The molecule has 5 rings (SSSR count).